The summed E-state index contributed by atoms with van der Waals surface area (Å²) in [5.41, 5.74) is 6.88. The van der Waals surface area contributed by atoms with Gasteiger partial charge in [-0.2, -0.15) is 0 Å². The molecule has 2 rings (SSSR count). The van der Waals surface area contributed by atoms with Crippen molar-refractivity contribution in [3.05, 3.63) is 47.3 Å². The van der Waals surface area contributed by atoms with Gasteiger partial charge in [0, 0.05) is 11.4 Å². The molecule has 0 aliphatic carbocycles. The Bertz CT molecular complexity index is 395. The highest BCUT2D eigenvalue weighted by molar-refractivity contribution is 8.01. The Hall–Kier alpha value is -0.770. The summed E-state index contributed by atoms with van der Waals surface area (Å²) < 4.78 is 1.31. The zero-order chi connectivity index (χ0) is 9.80. The zero-order valence-electron chi connectivity index (χ0n) is 7.64. The lowest BCUT2D eigenvalue weighted by Gasteiger charge is -2.04. The van der Waals surface area contributed by atoms with Crippen LogP contribution in [0, 0.1) is 0 Å². The quantitative estimate of drug-likeness (QED) is 0.860. The molecule has 1 heterocycles. The molecule has 14 heavy (non-hydrogen) atoms. The van der Waals surface area contributed by atoms with E-state index in [0.717, 1.165) is 0 Å². The van der Waals surface area contributed by atoms with Crippen molar-refractivity contribution in [2.24, 2.45) is 5.73 Å². The first-order valence-electron chi connectivity index (χ1n) is 4.39. The van der Waals surface area contributed by atoms with Gasteiger partial charge < -0.3 is 5.73 Å². The fourth-order valence-corrected chi connectivity index (χ4v) is 3.07. The van der Waals surface area contributed by atoms with Crippen molar-refractivity contribution in [1.82, 2.24) is 0 Å². The first-order valence-corrected chi connectivity index (χ1v) is 6.09. The van der Waals surface area contributed by atoms with Crippen molar-refractivity contribution < 1.29 is 0 Å². The van der Waals surface area contributed by atoms with Crippen molar-refractivity contribution in [3.8, 4) is 0 Å². The van der Waals surface area contributed by atoms with Crippen LogP contribution in [-0.4, -0.2) is 0 Å². The Balaban J connectivity index is 2.24. The number of rotatable bonds is 3. The van der Waals surface area contributed by atoms with E-state index in [9.17, 15) is 0 Å². The van der Waals surface area contributed by atoms with Crippen molar-refractivity contribution >= 4 is 23.1 Å². The van der Waals surface area contributed by atoms with Gasteiger partial charge in [-0.1, -0.05) is 36.0 Å². The van der Waals surface area contributed by atoms with Crippen LogP contribution in [0.3, 0.4) is 0 Å². The summed E-state index contributed by atoms with van der Waals surface area (Å²) in [6.45, 7) is 0.606. The Morgan fingerprint density at radius 3 is 2.71 bits per heavy atom. The normalized spacial score (nSPS) is 10.4. The topological polar surface area (TPSA) is 26.0 Å². The van der Waals surface area contributed by atoms with Crippen molar-refractivity contribution in [3.63, 3.8) is 0 Å². The molecule has 2 aromatic rings. The summed E-state index contributed by atoms with van der Waals surface area (Å²) in [4.78, 5) is 1.26. The maximum absolute atomic E-state index is 5.67. The van der Waals surface area contributed by atoms with Crippen LogP contribution in [0.25, 0.3) is 0 Å². The van der Waals surface area contributed by atoms with E-state index in [1.54, 1.807) is 23.1 Å². The second-order valence-corrected chi connectivity index (χ2v) is 5.14. The van der Waals surface area contributed by atoms with E-state index < -0.39 is 0 Å². The Labute approximate surface area is 92.0 Å². The molecule has 1 aromatic carbocycles. The average Bonchev–Trinajstić information content (AvgIpc) is 2.71. The largest absolute Gasteiger partial charge is 0.326 e. The molecule has 72 valence electrons. The zero-order valence-corrected chi connectivity index (χ0v) is 9.28. The molecule has 1 aromatic heterocycles. The van der Waals surface area contributed by atoms with E-state index in [4.69, 9.17) is 5.73 Å². The first-order chi connectivity index (χ1) is 6.90. The van der Waals surface area contributed by atoms with Gasteiger partial charge in [0.05, 0.1) is 4.21 Å². The fourth-order valence-electron chi connectivity index (χ4n) is 1.20. The van der Waals surface area contributed by atoms with Crippen molar-refractivity contribution in [2.45, 2.75) is 15.6 Å². The van der Waals surface area contributed by atoms with Crippen LogP contribution >= 0.6 is 23.1 Å². The lowest BCUT2D eigenvalue weighted by atomic mass is 10.2. The average molecular weight is 221 g/mol. The minimum absolute atomic E-state index is 0.606. The molecule has 0 bridgehead atoms. The highest BCUT2D eigenvalue weighted by atomic mass is 32.2. The fraction of sp³-hybridized carbons (Fsp3) is 0.0909. The van der Waals surface area contributed by atoms with Gasteiger partial charge in [0.2, 0.25) is 0 Å². The maximum atomic E-state index is 5.67. The highest BCUT2D eigenvalue weighted by Gasteiger charge is 2.02. The number of benzene rings is 1. The molecule has 2 N–H and O–H groups in total. The molecule has 1 nitrogen and oxygen atoms in total. The van der Waals surface area contributed by atoms with Crippen LogP contribution in [0.1, 0.15) is 5.56 Å². The summed E-state index contributed by atoms with van der Waals surface area (Å²) in [7, 11) is 0. The lowest BCUT2D eigenvalue weighted by molar-refractivity contribution is 1.03. The third-order valence-corrected chi connectivity index (χ3v) is 4.05. The standard InChI is InChI=1S/C11H11NS2/c12-8-9-4-1-2-5-10(9)14-11-6-3-7-13-11/h1-7H,8,12H2. The smallest absolute Gasteiger partial charge is 0.0646 e. The van der Waals surface area contributed by atoms with Crippen LogP contribution in [0.4, 0.5) is 0 Å². The van der Waals surface area contributed by atoms with Gasteiger partial charge in [-0.05, 0) is 23.1 Å². The second-order valence-electron chi connectivity index (χ2n) is 2.85. The molecule has 0 aliphatic rings. The van der Waals surface area contributed by atoms with Gasteiger partial charge in [0.1, 0.15) is 0 Å². The SMILES string of the molecule is NCc1ccccc1Sc1cccs1. The van der Waals surface area contributed by atoms with Crippen LogP contribution < -0.4 is 5.73 Å². The third kappa shape index (κ3) is 2.18. The van der Waals surface area contributed by atoms with E-state index in [1.165, 1.54) is 14.7 Å². The molecule has 0 saturated heterocycles. The molecule has 0 unspecified atom stereocenters. The molecule has 0 atom stereocenters. The summed E-state index contributed by atoms with van der Waals surface area (Å²) in [6, 6.07) is 12.5. The number of hydrogen-bond donors (Lipinski definition) is 1. The number of thiophene rings is 1. The molecule has 0 fully saturated rings. The van der Waals surface area contributed by atoms with Crippen LogP contribution in [0.2, 0.25) is 0 Å². The summed E-state index contributed by atoms with van der Waals surface area (Å²) in [6.07, 6.45) is 0. The predicted molar refractivity (Wildman–Crippen MR) is 62.8 cm³/mol. The molecule has 0 spiro atoms. The van der Waals surface area contributed by atoms with Gasteiger partial charge in [0.25, 0.3) is 0 Å². The maximum Gasteiger partial charge on any atom is 0.0646 e. The molecule has 0 amide bonds. The summed E-state index contributed by atoms with van der Waals surface area (Å²) >= 11 is 3.54. The van der Waals surface area contributed by atoms with Gasteiger partial charge in [0.15, 0.2) is 0 Å². The second kappa shape index (κ2) is 4.64. The molecule has 3 heteroatoms. The van der Waals surface area contributed by atoms with Gasteiger partial charge in [-0.3, -0.25) is 0 Å². The molecule has 0 saturated carbocycles. The third-order valence-electron chi connectivity index (χ3n) is 1.90. The first kappa shape index (κ1) is 9.77. The van der Waals surface area contributed by atoms with Gasteiger partial charge >= 0.3 is 0 Å². The summed E-state index contributed by atoms with van der Waals surface area (Å²) in [5.74, 6) is 0. The molecule has 0 radical (unpaired) electrons. The Morgan fingerprint density at radius 1 is 1.14 bits per heavy atom. The Morgan fingerprint density at radius 2 is 2.00 bits per heavy atom. The molecular weight excluding hydrogens is 210 g/mol. The monoisotopic (exact) mass is 221 g/mol. The molecule has 0 aliphatic heterocycles. The van der Waals surface area contributed by atoms with E-state index in [-0.39, 0.29) is 0 Å². The minimum Gasteiger partial charge on any atom is -0.326 e. The van der Waals surface area contributed by atoms with Gasteiger partial charge in [-0.15, -0.1) is 11.3 Å². The van der Waals surface area contributed by atoms with Crippen molar-refractivity contribution in [1.29, 1.82) is 0 Å². The van der Waals surface area contributed by atoms with E-state index in [1.807, 2.05) is 6.07 Å². The minimum atomic E-state index is 0.606. The summed E-state index contributed by atoms with van der Waals surface area (Å²) in [5, 5.41) is 2.09. The van der Waals surface area contributed by atoms with Crippen LogP contribution in [0.5, 0.6) is 0 Å². The lowest BCUT2D eigenvalue weighted by Crippen LogP contribution is -1.97. The van der Waals surface area contributed by atoms with Crippen molar-refractivity contribution in [2.75, 3.05) is 0 Å². The van der Waals surface area contributed by atoms with E-state index in [2.05, 4.69) is 35.7 Å². The van der Waals surface area contributed by atoms with E-state index in [0.29, 0.717) is 6.54 Å². The van der Waals surface area contributed by atoms with Gasteiger partial charge in [-0.25, -0.2) is 0 Å². The van der Waals surface area contributed by atoms with E-state index >= 15 is 0 Å². The number of nitrogens with two attached hydrogens (primary N) is 1. The van der Waals surface area contributed by atoms with Crippen LogP contribution in [0.15, 0.2) is 50.9 Å². The molecular formula is C11H11NS2. The highest BCUT2D eigenvalue weighted by Crippen LogP contribution is 2.33. The van der Waals surface area contributed by atoms with Crippen LogP contribution in [-0.2, 0) is 6.54 Å². The number of hydrogen-bond acceptors (Lipinski definition) is 3. The Kier molecular flexibility index (Phi) is 3.24. The predicted octanol–water partition coefficient (Wildman–Crippen LogP) is 3.36.